The number of benzene rings is 2. The van der Waals surface area contributed by atoms with E-state index in [1.165, 1.54) is 13.1 Å². The Morgan fingerprint density at radius 2 is 1.85 bits per heavy atom. The molecule has 0 bridgehead atoms. The molecule has 1 N–H and O–H groups in total. The van der Waals surface area contributed by atoms with Crippen molar-refractivity contribution in [2.75, 3.05) is 25.5 Å². The van der Waals surface area contributed by atoms with Crippen LogP contribution in [0.5, 0.6) is 5.75 Å². The first-order chi connectivity index (χ1) is 12.8. The minimum atomic E-state index is -3.78. The second-order valence-corrected chi connectivity index (χ2v) is 8.23. The second-order valence-electron chi connectivity index (χ2n) is 6.18. The monoisotopic (exact) mass is 390 g/mol. The number of rotatable bonds is 8. The molecule has 6 nitrogen and oxygen atoms in total. The fourth-order valence-electron chi connectivity index (χ4n) is 2.71. The zero-order valence-electron chi connectivity index (χ0n) is 16.2. The molecule has 1 amide bonds. The van der Waals surface area contributed by atoms with Crippen LogP contribution in [0.2, 0.25) is 0 Å². The number of hydrogen-bond donors (Lipinski definition) is 1. The molecule has 0 atom stereocenters. The quantitative estimate of drug-likeness (QED) is 0.751. The van der Waals surface area contributed by atoms with Gasteiger partial charge >= 0.3 is 0 Å². The van der Waals surface area contributed by atoms with Crippen LogP contribution in [0.25, 0.3) is 0 Å². The van der Waals surface area contributed by atoms with E-state index in [9.17, 15) is 13.2 Å². The molecule has 0 unspecified atom stereocenters. The Bertz CT molecular complexity index is 910. The van der Waals surface area contributed by atoms with Crippen molar-refractivity contribution in [2.45, 2.75) is 32.1 Å². The van der Waals surface area contributed by atoms with Gasteiger partial charge in [-0.2, -0.15) is 4.31 Å². The summed E-state index contributed by atoms with van der Waals surface area (Å²) in [6, 6.07) is 12.2. The van der Waals surface area contributed by atoms with Gasteiger partial charge in [-0.1, -0.05) is 25.1 Å². The van der Waals surface area contributed by atoms with Gasteiger partial charge in [-0.15, -0.1) is 0 Å². The highest BCUT2D eigenvalue weighted by atomic mass is 32.2. The smallest absolute Gasteiger partial charge is 0.243 e. The molecule has 0 spiro atoms. The SMILES string of the molecule is CCOc1ccc(S(=O)(=O)N(C)CC(=O)Nc2ccccc2CC)cc1C. The molecule has 0 saturated carbocycles. The maximum Gasteiger partial charge on any atom is 0.243 e. The van der Waals surface area contributed by atoms with Gasteiger partial charge in [0, 0.05) is 12.7 Å². The Hall–Kier alpha value is -2.38. The lowest BCUT2D eigenvalue weighted by atomic mass is 10.1. The number of hydrogen-bond acceptors (Lipinski definition) is 4. The standard InChI is InChI=1S/C20H26N2O4S/c1-5-16-9-7-8-10-18(16)21-20(23)14-22(4)27(24,25)17-11-12-19(26-6-2)15(3)13-17/h7-13H,5-6,14H2,1-4H3,(H,21,23). The molecule has 0 radical (unpaired) electrons. The number of sulfonamides is 1. The number of carbonyl (C=O) groups is 1. The van der Waals surface area contributed by atoms with Gasteiger partial charge in [0.2, 0.25) is 15.9 Å². The normalized spacial score (nSPS) is 11.4. The molecule has 146 valence electrons. The zero-order chi connectivity index (χ0) is 20.0. The molecule has 7 heteroatoms. The minimum Gasteiger partial charge on any atom is -0.494 e. The average Bonchev–Trinajstić information content (AvgIpc) is 2.63. The van der Waals surface area contributed by atoms with Gasteiger partial charge in [-0.05, 0) is 55.7 Å². The van der Waals surface area contributed by atoms with Crippen molar-refractivity contribution in [1.82, 2.24) is 4.31 Å². The molecular formula is C20H26N2O4S. The lowest BCUT2D eigenvalue weighted by Crippen LogP contribution is -2.35. The Morgan fingerprint density at radius 1 is 1.15 bits per heavy atom. The van der Waals surface area contributed by atoms with Gasteiger partial charge in [-0.25, -0.2) is 8.42 Å². The number of carbonyl (C=O) groups excluding carboxylic acids is 1. The van der Waals surface area contributed by atoms with Crippen LogP contribution in [0.1, 0.15) is 25.0 Å². The summed E-state index contributed by atoms with van der Waals surface area (Å²) in [7, 11) is -2.38. The van der Waals surface area contributed by atoms with Crippen molar-refractivity contribution in [1.29, 1.82) is 0 Å². The van der Waals surface area contributed by atoms with E-state index < -0.39 is 10.0 Å². The Morgan fingerprint density at radius 3 is 2.48 bits per heavy atom. The summed E-state index contributed by atoms with van der Waals surface area (Å²) in [6.45, 7) is 5.89. The average molecular weight is 391 g/mol. The van der Waals surface area contributed by atoms with Gasteiger partial charge in [0.15, 0.2) is 0 Å². The van der Waals surface area contributed by atoms with Gasteiger partial charge in [0.25, 0.3) is 0 Å². The van der Waals surface area contributed by atoms with E-state index in [1.54, 1.807) is 25.1 Å². The third-order valence-corrected chi connectivity index (χ3v) is 5.99. The summed E-state index contributed by atoms with van der Waals surface area (Å²) in [5.41, 5.74) is 2.43. The van der Waals surface area contributed by atoms with E-state index in [-0.39, 0.29) is 17.3 Å². The highest BCUT2D eigenvalue weighted by Gasteiger charge is 2.24. The molecule has 2 aromatic rings. The molecule has 0 aliphatic heterocycles. The summed E-state index contributed by atoms with van der Waals surface area (Å²) in [5, 5.41) is 2.79. The Kier molecular flexibility index (Phi) is 6.98. The highest BCUT2D eigenvalue weighted by Crippen LogP contribution is 2.23. The molecular weight excluding hydrogens is 364 g/mol. The lowest BCUT2D eigenvalue weighted by molar-refractivity contribution is -0.116. The zero-order valence-corrected chi connectivity index (χ0v) is 17.0. The van der Waals surface area contributed by atoms with Crippen molar-refractivity contribution in [2.24, 2.45) is 0 Å². The fraction of sp³-hybridized carbons (Fsp3) is 0.350. The number of anilines is 1. The summed E-state index contributed by atoms with van der Waals surface area (Å²) in [4.78, 5) is 12.5. The largest absolute Gasteiger partial charge is 0.494 e. The van der Waals surface area contributed by atoms with Gasteiger partial charge in [-0.3, -0.25) is 4.79 Å². The second kappa shape index (κ2) is 9.01. The molecule has 2 aromatic carbocycles. The Balaban J connectivity index is 2.12. The van der Waals surface area contributed by atoms with Crippen LogP contribution in [-0.2, 0) is 21.2 Å². The Labute approximate surface area is 161 Å². The molecule has 0 heterocycles. The predicted molar refractivity (Wildman–Crippen MR) is 107 cm³/mol. The van der Waals surface area contributed by atoms with Gasteiger partial charge in [0.1, 0.15) is 5.75 Å². The third kappa shape index (κ3) is 5.08. The maximum atomic E-state index is 12.8. The molecule has 0 aliphatic rings. The number of amides is 1. The number of para-hydroxylation sites is 1. The number of nitrogens with one attached hydrogen (secondary N) is 1. The molecule has 0 fully saturated rings. The molecule has 0 saturated heterocycles. The van der Waals surface area contributed by atoms with E-state index in [1.807, 2.05) is 32.0 Å². The van der Waals surface area contributed by atoms with Crippen LogP contribution in [-0.4, -0.2) is 38.8 Å². The van der Waals surface area contributed by atoms with E-state index in [0.29, 0.717) is 18.0 Å². The summed E-state index contributed by atoms with van der Waals surface area (Å²) >= 11 is 0. The van der Waals surface area contributed by atoms with Crippen molar-refractivity contribution in [3.63, 3.8) is 0 Å². The predicted octanol–water partition coefficient (Wildman–Crippen LogP) is 3.22. The van der Waals surface area contributed by atoms with Gasteiger partial charge < -0.3 is 10.1 Å². The van der Waals surface area contributed by atoms with E-state index in [2.05, 4.69) is 5.32 Å². The van der Waals surface area contributed by atoms with Crippen LogP contribution in [0.4, 0.5) is 5.69 Å². The first kappa shape index (κ1) is 20.9. The molecule has 27 heavy (non-hydrogen) atoms. The number of aryl methyl sites for hydroxylation is 2. The summed E-state index contributed by atoms with van der Waals surface area (Å²) in [6.07, 6.45) is 0.774. The van der Waals surface area contributed by atoms with Crippen LogP contribution >= 0.6 is 0 Å². The van der Waals surface area contributed by atoms with Crippen molar-refractivity contribution >= 4 is 21.6 Å². The van der Waals surface area contributed by atoms with Crippen molar-refractivity contribution < 1.29 is 17.9 Å². The van der Waals surface area contributed by atoms with Crippen molar-refractivity contribution in [3.05, 3.63) is 53.6 Å². The van der Waals surface area contributed by atoms with E-state index in [0.717, 1.165) is 21.9 Å². The summed E-state index contributed by atoms with van der Waals surface area (Å²) in [5.74, 6) is 0.262. The topological polar surface area (TPSA) is 75.7 Å². The van der Waals surface area contributed by atoms with Crippen LogP contribution in [0.3, 0.4) is 0 Å². The lowest BCUT2D eigenvalue weighted by Gasteiger charge is -2.18. The number of ether oxygens (including phenoxy) is 1. The molecule has 2 rings (SSSR count). The fourth-order valence-corrected chi connectivity index (χ4v) is 3.92. The van der Waals surface area contributed by atoms with E-state index >= 15 is 0 Å². The molecule has 0 aliphatic carbocycles. The first-order valence-corrected chi connectivity index (χ1v) is 10.3. The highest BCUT2D eigenvalue weighted by molar-refractivity contribution is 7.89. The number of nitrogens with zero attached hydrogens (tertiary/aromatic N) is 1. The van der Waals surface area contributed by atoms with Crippen LogP contribution in [0, 0.1) is 6.92 Å². The summed E-state index contributed by atoms with van der Waals surface area (Å²) < 4.78 is 32.0. The molecule has 0 aromatic heterocycles. The van der Waals surface area contributed by atoms with Crippen LogP contribution < -0.4 is 10.1 Å². The third-order valence-electron chi connectivity index (χ3n) is 4.19. The van der Waals surface area contributed by atoms with E-state index in [4.69, 9.17) is 4.74 Å². The van der Waals surface area contributed by atoms with Gasteiger partial charge in [0.05, 0.1) is 18.0 Å². The van der Waals surface area contributed by atoms with Crippen LogP contribution in [0.15, 0.2) is 47.4 Å². The first-order valence-electron chi connectivity index (χ1n) is 8.87. The minimum absolute atomic E-state index is 0.132. The number of likely N-dealkylation sites (N-methyl/N-ethyl adjacent to an activating group) is 1. The van der Waals surface area contributed by atoms with Crippen molar-refractivity contribution in [3.8, 4) is 5.75 Å². The maximum absolute atomic E-state index is 12.8.